The van der Waals surface area contributed by atoms with Crippen LogP contribution in [0, 0.1) is 5.82 Å². The van der Waals surface area contributed by atoms with E-state index in [2.05, 4.69) is 4.98 Å². The number of carbonyl (C=O) groups is 2. The number of hydrogen-bond acceptors (Lipinski definition) is 5. The van der Waals surface area contributed by atoms with Gasteiger partial charge in [0.15, 0.2) is 0 Å². The van der Waals surface area contributed by atoms with Crippen LogP contribution in [0.25, 0.3) is 5.57 Å². The molecule has 0 atom stereocenters. The van der Waals surface area contributed by atoms with E-state index in [0.29, 0.717) is 11.3 Å². The quantitative estimate of drug-likeness (QED) is 0.794. The lowest BCUT2D eigenvalue weighted by molar-refractivity contribution is -0.138. The average molecular weight is 355 g/mol. The zero-order valence-corrected chi connectivity index (χ0v) is 14.2. The van der Waals surface area contributed by atoms with Gasteiger partial charge in [-0.1, -0.05) is 18.2 Å². The highest BCUT2D eigenvalue weighted by molar-refractivity contribution is 6.35. The number of aliphatic hydroxyl groups is 1. The summed E-state index contributed by atoms with van der Waals surface area (Å²) in [5, 5.41) is 9.21. The summed E-state index contributed by atoms with van der Waals surface area (Å²) in [5.74, 6) is -1.36. The van der Waals surface area contributed by atoms with E-state index < -0.39 is 17.6 Å². The fourth-order valence-electron chi connectivity index (χ4n) is 2.85. The lowest BCUT2D eigenvalue weighted by atomic mass is 10.0. The SMILES string of the molecule is CN(CCO)C1=C(c2ccc(F)cc2)C(=O)N(Cc2ccccn2)C1=O. The minimum Gasteiger partial charge on any atom is -0.395 e. The van der Waals surface area contributed by atoms with Gasteiger partial charge in [0.05, 0.1) is 24.4 Å². The number of carbonyl (C=O) groups excluding carboxylic acids is 2. The summed E-state index contributed by atoms with van der Waals surface area (Å²) in [7, 11) is 1.63. The molecule has 1 aliphatic rings. The number of nitrogens with zero attached hydrogens (tertiary/aromatic N) is 3. The number of aliphatic hydroxyl groups excluding tert-OH is 1. The monoisotopic (exact) mass is 355 g/mol. The largest absolute Gasteiger partial charge is 0.395 e. The van der Waals surface area contributed by atoms with Gasteiger partial charge in [-0.2, -0.15) is 0 Å². The molecule has 1 N–H and O–H groups in total. The average Bonchev–Trinajstić information content (AvgIpc) is 2.88. The Morgan fingerprint density at radius 3 is 2.46 bits per heavy atom. The second kappa shape index (κ2) is 7.45. The summed E-state index contributed by atoms with van der Waals surface area (Å²) >= 11 is 0. The van der Waals surface area contributed by atoms with Crippen LogP contribution in [0.5, 0.6) is 0 Å². The molecular weight excluding hydrogens is 337 g/mol. The highest BCUT2D eigenvalue weighted by Crippen LogP contribution is 2.31. The van der Waals surface area contributed by atoms with Gasteiger partial charge in [-0.25, -0.2) is 4.39 Å². The number of amides is 2. The summed E-state index contributed by atoms with van der Waals surface area (Å²) in [4.78, 5) is 32.7. The van der Waals surface area contributed by atoms with E-state index in [-0.39, 0.29) is 31.0 Å². The van der Waals surface area contributed by atoms with Crippen molar-refractivity contribution >= 4 is 17.4 Å². The minimum absolute atomic E-state index is 0.0413. The molecule has 0 spiro atoms. The van der Waals surface area contributed by atoms with E-state index in [9.17, 15) is 19.1 Å². The van der Waals surface area contributed by atoms with Crippen molar-refractivity contribution in [3.05, 3.63) is 71.4 Å². The molecule has 0 aliphatic carbocycles. The van der Waals surface area contributed by atoms with Crippen LogP contribution in [0.3, 0.4) is 0 Å². The van der Waals surface area contributed by atoms with Crippen LogP contribution in [0.4, 0.5) is 4.39 Å². The van der Waals surface area contributed by atoms with Crippen molar-refractivity contribution in [2.24, 2.45) is 0 Å². The third-order valence-corrected chi connectivity index (χ3v) is 4.14. The molecule has 0 saturated carbocycles. The van der Waals surface area contributed by atoms with Crippen molar-refractivity contribution in [1.29, 1.82) is 0 Å². The van der Waals surface area contributed by atoms with E-state index in [1.54, 1.807) is 31.4 Å². The Balaban J connectivity index is 2.01. The molecule has 2 heterocycles. The molecule has 0 saturated heterocycles. The Hall–Kier alpha value is -3.06. The molecule has 3 rings (SSSR count). The van der Waals surface area contributed by atoms with Gasteiger partial charge in [0.1, 0.15) is 11.5 Å². The first-order valence-electron chi connectivity index (χ1n) is 8.11. The van der Waals surface area contributed by atoms with Crippen LogP contribution in [-0.4, -0.2) is 51.9 Å². The van der Waals surface area contributed by atoms with Crippen LogP contribution in [0.15, 0.2) is 54.4 Å². The molecule has 6 nitrogen and oxygen atoms in total. The summed E-state index contributed by atoms with van der Waals surface area (Å²) < 4.78 is 13.3. The van der Waals surface area contributed by atoms with Gasteiger partial charge in [0.2, 0.25) is 0 Å². The maximum absolute atomic E-state index is 13.3. The molecule has 134 valence electrons. The Kier molecular flexibility index (Phi) is 5.09. The van der Waals surface area contributed by atoms with Crippen LogP contribution in [-0.2, 0) is 16.1 Å². The molecule has 0 bridgehead atoms. The number of pyridine rings is 1. The molecule has 0 unspecified atom stereocenters. The van der Waals surface area contributed by atoms with Crippen molar-refractivity contribution in [1.82, 2.24) is 14.8 Å². The van der Waals surface area contributed by atoms with Gasteiger partial charge in [-0.05, 0) is 29.8 Å². The number of halogens is 1. The van der Waals surface area contributed by atoms with Gasteiger partial charge in [-0.3, -0.25) is 19.5 Å². The molecule has 1 aromatic carbocycles. The highest BCUT2D eigenvalue weighted by Gasteiger charge is 2.40. The number of likely N-dealkylation sites (N-methyl/N-ethyl adjacent to an activating group) is 1. The number of rotatable bonds is 6. The molecule has 7 heteroatoms. The molecular formula is C19H18FN3O3. The van der Waals surface area contributed by atoms with Crippen LogP contribution < -0.4 is 0 Å². The summed E-state index contributed by atoms with van der Waals surface area (Å²) in [6.45, 7) is 0.0640. The Labute approximate surface area is 150 Å². The van der Waals surface area contributed by atoms with Crippen molar-refractivity contribution in [2.45, 2.75) is 6.54 Å². The third kappa shape index (κ3) is 3.34. The molecule has 1 aromatic heterocycles. The molecule has 0 fully saturated rings. The van der Waals surface area contributed by atoms with Gasteiger partial charge in [0, 0.05) is 19.8 Å². The first-order chi connectivity index (χ1) is 12.5. The Morgan fingerprint density at radius 1 is 1.12 bits per heavy atom. The molecule has 1 aliphatic heterocycles. The second-order valence-corrected chi connectivity index (χ2v) is 5.89. The van der Waals surface area contributed by atoms with Gasteiger partial charge in [0.25, 0.3) is 11.8 Å². The number of benzene rings is 1. The van der Waals surface area contributed by atoms with Crippen LogP contribution >= 0.6 is 0 Å². The van der Waals surface area contributed by atoms with Gasteiger partial charge >= 0.3 is 0 Å². The first-order valence-corrected chi connectivity index (χ1v) is 8.11. The molecule has 2 amide bonds. The maximum atomic E-state index is 13.3. The first kappa shape index (κ1) is 17.8. The normalized spacial score (nSPS) is 14.3. The number of aromatic nitrogens is 1. The lowest BCUT2D eigenvalue weighted by Crippen LogP contribution is -2.34. The standard InChI is InChI=1S/C19H18FN3O3/c1-22(10-11-24)17-16(13-5-7-14(20)8-6-13)18(25)23(19(17)26)12-15-4-2-3-9-21-15/h2-9,24H,10-12H2,1H3. The maximum Gasteiger partial charge on any atom is 0.278 e. The van der Waals surface area contributed by atoms with E-state index in [1.807, 2.05) is 0 Å². The third-order valence-electron chi connectivity index (χ3n) is 4.14. The van der Waals surface area contributed by atoms with Crippen LogP contribution in [0.1, 0.15) is 11.3 Å². The van der Waals surface area contributed by atoms with E-state index in [0.717, 1.165) is 4.90 Å². The molecule has 2 aromatic rings. The fourth-order valence-corrected chi connectivity index (χ4v) is 2.85. The Bertz CT molecular complexity index is 850. The fraction of sp³-hybridized carbons (Fsp3) is 0.211. The van der Waals surface area contributed by atoms with Crippen molar-refractivity contribution in [3.8, 4) is 0 Å². The van der Waals surface area contributed by atoms with Crippen molar-refractivity contribution in [3.63, 3.8) is 0 Å². The predicted molar refractivity (Wildman–Crippen MR) is 92.8 cm³/mol. The smallest absolute Gasteiger partial charge is 0.278 e. The van der Waals surface area contributed by atoms with Gasteiger partial charge < -0.3 is 10.0 Å². The number of hydrogen-bond donors (Lipinski definition) is 1. The minimum atomic E-state index is -0.466. The second-order valence-electron chi connectivity index (χ2n) is 5.89. The van der Waals surface area contributed by atoms with Crippen LogP contribution in [0.2, 0.25) is 0 Å². The van der Waals surface area contributed by atoms with E-state index in [1.165, 1.54) is 29.2 Å². The van der Waals surface area contributed by atoms with E-state index >= 15 is 0 Å². The summed E-state index contributed by atoms with van der Waals surface area (Å²) in [6.07, 6.45) is 1.59. The highest BCUT2D eigenvalue weighted by atomic mass is 19.1. The van der Waals surface area contributed by atoms with Crippen molar-refractivity contribution in [2.75, 3.05) is 20.2 Å². The Morgan fingerprint density at radius 2 is 1.85 bits per heavy atom. The summed E-state index contributed by atoms with van der Waals surface area (Å²) in [5.41, 5.74) is 1.42. The lowest BCUT2D eigenvalue weighted by Gasteiger charge is -2.20. The van der Waals surface area contributed by atoms with E-state index in [4.69, 9.17) is 0 Å². The topological polar surface area (TPSA) is 73.7 Å². The molecule has 26 heavy (non-hydrogen) atoms. The molecule has 0 radical (unpaired) electrons. The predicted octanol–water partition coefficient (Wildman–Crippen LogP) is 1.42. The summed E-state index contributed by atoms with van der Waals surface area (Å²) in [6, 6.07) is 10.7. The van der Waals surface area contributed by atoms with Crippen molar-refractivity contribution < 1.29 is 19.1 Å². The van der Waals surface area contributed by atoms with Gasteiger partial charge in [-0.15, -0.1) is 0 Å². The zero-order valence-electron chi connectivity index (χ0n) is 14.2. The number of imide groups is 1. The zero-order chi connectivity index (χ0) is 18.7.